The molecule has 2 N–H and O–H groups in total. The van der Waals surface area contributed by atoms with Crippen LogP contribution in [0, 0.1) is 5.82 Å². The Kier molecular flexibility index (Phi) is 4.97. The summed E-state index contributed by atoms with van der Waals surface area (Å²) in [5.41, 5.74) is 6.04. The van der Waals surface area contributed by atoms with E-state index in [1.54, 1.807) is 11.8 Å². The van der Waals surface area contributed by atoms with Gasteiger partial charge in [-0.15, -0.1) is 0 Å². The van der Waals surface area contributed by atoms with Gasteiger partial charge in [0.1, 0.15) is 5.82 Å². The molecule has 0 spiro atoms. The fraction of sp³-hybridized carbons (Fsp3) is 0.571. The van der Waals surface area contributed by atoms with Crippen molar-refractivity contribution in [2.45, 2.75) is 36.5 Å². The Morgan fingerprint density at radius 2 is 2.10 bits per heavy atom. The largest absolute Gasteiger partial charge is 0.326 e. The van der Waals surface area contributed by atoms with Crippen molar-refractivity contribution in [1.29, 1.82) is 0 Å². The summed E-state index contributed by atoms with van der Waals surface area (Å²) < 4.78 is 40.5. The van der Waals surface area contributed by atoms with E-state index in [2.05, 4.69) is 13.8 Å². The molecule has 1 aromatic rings. The lowest BCUT2D eigenvalue weighted by Crippen LogP contribution is -2.34. The van der Waals surface area contributed by atoms with Gasteiger partial charge >= 0.3 is 0 Å². The molecule has 0 aliphatic carbocycles. The van der Waals surface area contributed by atoms with Crippen LogP contribution >= 0.6 is 11.8 Å². The number of nitrogens with zero attached hydrogens (tertiary/aromatic N) is 1. The van der Waals surface area contributed by atoms with E-state index < -0.39 is 15.8 Å². The van der Waals surface area contributed by atoms with Gasteiger partial charge in [0.2, 0.25) is 10.0 Å². The Labute approximate surface area is 129 Å². The van der Waals surface area contributed by atoms with Crippen molar-refractivity contribution in [3.05, 3.63) is 29.6 Å². The quantitative estimate of drug-likeness (QED) is 0.921. The lowest BCUT2D eigenvalue weighted by atomic mass is 10.1. The summed E-state index contributed by atoms with van der Waals surface area (Å²) in [4.78, 5) is -0.00490. The van der Waals surface area contributed by atoms with Crippen LogP contribution < -0.4 is 5.73 Å². The zero-order chi connectivity index (χ0) is 15.7. The molecule has 4 nitrogen and oxygen atoms in total. The van der Waals surface area contributed by atoms with E-state index in [0.29, 0.717) is 18.7 Å². The molecular formula is C14H21FN2O2S2. The smallest absolute Gasteiger partial charge is 0.243 e. The summed E-state index contributed by atoms with van der Waals surface area (Å²) in [6.07, 6.45) is 0.768. The highest BCUT2D eigenvalue weighted by Crippen LogP contribution is 2.33. The Morgan fingerprint density at radius 3 is 2.76 bits per heavy atom. The van der Waals surface area contributed by atoms with Gasteiger partial charge in [-0.3, -0.25) is 0 Å². The second-order valence-electron chi connectivity index (χ2n) is 5.72. The molecule has 1 fully saturated rings. The third-order valence-corrected chi connectivity index (χ3v) is 7.02. The minimum Gasteiger partial charge on any atom is -0.326 e. The SMILES string of the molecule is CC1(C)CCN(S(=O)(=O)c2cc(F)ccc2CN)CCS1. The predicted octanol–water partition coefficient (Wildman–Crippen LogP) is 2.19. The number of nitrogens with two attached hydrogens (primary N) is 1. The van der Waals surface area contributed by atoms with Crippen molar-refractivity contribution in [1.82, 2.24) is 4.31 Å². The number of rotatable bonds is 3. The van der Waals surface area contributed by atoms with E-state index in [1.807, 2.05) is 0 Å². The third kappa shape index (κ3) is 3.77. The highest BCUT2D eigenvalue weighted by molar-refractivity contribution is 8.00. The predicted molar refractivity (Wildman–Crippen MR) is 84.2 cm³/mol. The van der Waals surface area contributed by atoms with Crippen molar-refractivity contribution < 1.29 is 12.8 Å². The van der Waals surface area contributed by atoms with Crippen LogP contribution in [0.4, 0.5) is 4.39 Å². The molecule has 0 saturated carbocycles. The molecular weight excluding hydrogens is 311 g/mol. The molecule has 2 rings (SSSR count). The minimum atomic E-state index is -3.70. The summed E-state index contributed by atoms with van der Waals surface area (Å²) in [6.45, 7) is 5.19. The van der Waals surface area contributed by atoms with Crippen LogP contribution in [0.5, 0.6) is 0 Å². The maximum Gasteiger partial charge on any atom is 0.243 e. The number of benzene rings is 1. The molecule has 21 heavy (non-hydrogen) atoms. The van der Waals surface area contributed by atoms with Gasteiger partial charge < -0.3 is 5.73 Å². The maximum absolute atomic E-state index is 13.5. The van der Waals surface area contributed by atoms with Crippen LogP contribution in [0.25, 0.3) is 0 Å². The number of hydrogen-bond acceptors (Lipinski definition) is 4. The minimum absolute atomic E-state index is 0.00490. The van der Waals surface area contributed by atoms with Crippen LogP contribution in [0.1, 0.15) is 25.8 Å². The normalized spacial score (nSPS) is 20.2. The Bertz CT molecular complexity index is 617. The zero-order valence-corrected chi connectivity index (χ0v) is 13.9. The van der Waals surface area contributed by atoms with Gasteiger partial charge in [-0.05, 0) is 24.1 Å². The third-order valence-electron chi connectivity index (χ3n) is 3.66. The Balaban J connectivity index is 2.36. The molecule has 0 bridgehead atoms. The van der Waals surface area contributed by atoms with Crippen LogP contribution in [0.15, 0.2) is 23.1 Å². The number of sulfonamides is 1. The first-order valence-corrected chi connectivity index (χ1v) is 9.31. The first-order valence-electron chi connectivity index (χ1n) is 6.89. The molecule has 0 radical (unpaired) electrons. The average molecular weight is 332 g/mol. The van der Waals surface area contributed by atoms with Crippen molar-refractivity contribution in [2.24, 2.45) is 5.73 Å². The van der Waals surface area contributed by atoms with Gasteiger partial charge in [0.25, 0.3) is 0 Å². The Morgan fingerprint density at radius 1 is 1.38 bits per heavy atom. The highest BCUT2D eigenvalue weighted by atomic mass is 32.2. The molecule has 0 unspecified atom stereocenters. The second-order valence-corrected chi connectivity index (χ2v) is 9.43. The summed E-state index contributed by atoms with van der Waals surface area (Å²) in [5, 5.41) is 0. The van der Waals surface area contributed by atoms with Gasteiger partial charge in [0, 0.05) is 30.1 Å². The first kappa shape index (κ1) is 16.7. The molecule has 0 aromatic heterocycles. The summed E-state index contributed by atoms with van der Waals surface area (Å²) in [7, 11) is -3.70. The number of thioether (sulfide) groups is 1. The van der Waals surface area contributed by atoms with Crippen molar-refractivity contribution in [3.63, 3.8) is 0 Å². The molecule has 1 aliphatic rings. The van der Waals surface area contributed by atoms with Crippen LogP contribution in [-0.4, -0.2) is 36.3 Å². The second kappa shape index (κ2) is 6.24. The van der Waals surface area contributed by atoms with Crippen molar-refractivity contribution in [2.75, 3.05) is 18.8 Å². The van der Waals surface area contributed by atoms with Crippen molar-refractivity contribution >= 4 is 21.8 Å². The van der Waals surface area contributed by atoms with Crippen molar-refractivity contribution in [3.8, 4) is 0 Å². The highest BCUT2D eigenvalue weighted by Gasteiger charge is 2.32. The van der Waals surface area contributed by atoms with Gasteiger partial charge in [0.15, 0.2) is 0 Å². The van der Waals surface area contributed by atoms with Gasteiger partial charge in [0.05, 0.1) is 4.90 Å². The van der Waals surface area contributed by atoms with Crippen LogP contribution in [0.3, 0.4) is 0 Å². The monoisotopic (exact) mass is 332 g/mol. The summed E-state index contributed by atoms with van der Waals surface area (Å²) >= 11 is 1.76. The van der Waals surface area contributed by atoms with Crippen LogP contribution in [0.2, 0.25) is 0 Å². The van der Waals surface area contributed by atoms with E-state index in [1.165, 1.54) is 16.4 Å². The van der Waals surface area contributed by atoms with E-state index >= 15 is 0 Å². The fourth-order valence-electron chi connectivity index (χ4n) is 2.32. The fourth-order valence-corrected chi connectivity index (χ4v) is 5.22. The molecule has 0 atom stereocenters. The lowest BCUT2D eigenvalue weighted by Gasteiger charge is -2.23. The zero-order valence-electron chi connectivity index (χ0n) is 12.3. The topological polar surface area (TPSA) is 63.4 Å². The lowest BCUT2D eigenvalue weighted by molar-refractivity contribution is 0.414. The summed E-state index contributed by atoms with van der Waals surface area (Å²) in [5.74, 6) is 0.176. The van der Waals surface area contributed by atoms with Gasteiger partial charge in [-0.25, -0.2) is 12.8 Å². The first-order chi connectivity index (χ1) is 9.76. The van der Waals surface area contributed by atoms with E-state index in [4.69, 9.17) is 5.73 Å². The summed E-state index contributed by atoms with van der Waals surface area (Å²) in [6, 6.07) is 3.75. The molecule has 0 amide bonds. The molecule has 7 heteroatoms. The maximum atomic E-state index is 13.5. The van der Waals surface area contributed by atoms with Gasteiger partial charge in [-0.1, -0.05) is 19.9 Å². The van der Waals surface area contributed by atoms with Crippen LogP contribution in [-0.2, 0) is 16.6 Å². The Hall–Kier alpha value is -0.630. The molecule has 1 aliphatic heterocycles. The molecule has 1 aromatic carbocycles. The molecule has 118 valence electrons. The van der Waals surface area contributed by atoms with Gasteiger partial charge in [-0.2, -0.15) is 16.1 Å². The number of hydrogen-bond donors (Lipinski definition) is 1. The van der Waals surface area contributed by atoms with E-state index in [-0.39, 0.29) is 16.2 Å². The standard InChI is InChI=1S/C14H21FN2O2S2/c1-14(2)5-6-17(7-8-20-14)21(18,19)13-9-12(15)4-3-11(13)10-16/h3-4,9H,5-8,10,16H2,1-2H3. The molecule has 1 saturated heterocycles. The molecule has 1 heterocycles. The van der Waals surface area contributed by atoms with E-state index in [9.17, 15) is 12.8 Å². The number of halogens is 1. The van der Waals surface area contributed by atoms with E-state index in [0.717, 1.165) is 18.2 Å². The average Bonchev–Trinajstić information content (AvgIpc) is 2.60.